The Labute approximate surface area is 147 Å². The molecule has 1 aromatic heterocycles. The molecular formula is C17H22N4O3S. The van der Waals surface area contributed by atoms with Gasteiger partial charge in [0, 0.05) is 24.8 Å². The molecule has 0 atom stereocenters. The number of nitrogens with one attached hydrogen (secondary N) is 2. The lowest BCUT2D eigenvalue weighted by Crippen LogP contribution is -2.24. The Kier molecular flexibility index (Phi) is 6.49. The third-order valence-corrected chi connectivity index (χ3v) is 4.46. The summed E-state index contributed by atoms with van der Waals surface area (Å²) >= 11 is 0. The van der Waals surface area contributed by atoms with Crippen molar-refractivity contribution in [1.29, 1.82) is 0 Å². The van der Waals surface area contributed by atoms with Crippen LogP contribution in [0.5, 0.6) is 0 Å². The first-order valence-electron chi connectivity index (χ1n) is 8.00. The van der Waals surface area contributed by atoms with E-state index in [9.17, 15) is 13.2 Å². The maximum absolute atomic E-state index is 11.9. The van der Waals surface area contributed by atoms with Crippen LogP contribution in [0, 0.1) is 0 Å². The van der Waals surface area contributed by atoms with E-state index in [4.69, 9.17) is 5.14 Å². The van der Waals surface area contributed by atoms with E-state index < -0.39 is 10.0 Å². The van der Waals surface area contributed by atoms with Crippen molar-refractivity contribution >= 4 is 21.7 Å². The van der Waals surface area contributed by atoms with Crippen LogP contribution in [0.1, 0.15) is 29.3 Å². The number of hydrogen-bond acceptors (Lipinski definition) is 5. The van der Waals surface area contributed by atoms with E-state index in [1.807, 2.05) is 6.92 Å². The fourth-order valence-corrected chi connectivity index (χ4v) is 2.71. The van der Waals surface area contributed by atoms with Crippen LogP contribution in [0.3, 0.4) is 0 Å². The van der Waals surface area contributed by atoms with E-state index in [-0.39, 0.29) is 10.8 Å². The number of aromatic nitrogens is 1. The monoisotopic (exact) mass is 362 g/mol. The minimum absolute atomic E-state index is 0.0941. The van der Waals surface area contributed by atoms with Crippen molar-refractivity contribution < 1.29 is 13.2 Å². The third kappa shape index (κ3) is 5.84. The van der Waals surface area contributed by atoms with Crippen LogP contribution in [-0.4, -0.2) is 32.4 Å². The number of nitrogens with zero attached hydrogens (tertiary/aromatic N) is 1. The van der Waals surface area contributed by atoms with Crippen molar-refractivity contribution in [2.75, 3.05) is 18.4 Å². The molecule has 2 aromatic rings. The van der Waals surface area contributed by atoms with E-state index in [1.54, 1.807) is 30.5 Å². The van der Waals surface area contributed by atoms with Crippen LogP contribution in [-0.2, 0) is 16.4 Å². The van der Waals surface area contributed by atoms with Gasteiger partial charge in [-0.2, -0.15) is 0 Å². The second kappa shape index (κ2) is 8.59. The van der Waals surface area contributed by atoms with Crippen molar-refractivity contribution in [3.8, 4) is 0 Å². The predicted molar refractivity (Wildman–Crippen MR) is 96.9 cm³/mol. The van der Waals surface area contributed by atoms with Crippen molar-refractivity contribution in [3.63, 3.8) is 0 Å². The van der Waals surface area contributed by atoms with Crippen LogP contribution in [0.25, 0.3) is 0 Å². The predicted octanol–water partition coefficient (Wildman–Crippen LogP) is 1.52. The standard InChI is InChI=1S/C17H22N4O3S/c1-2-9-21-17(22)14-8-11-20-16(12-14)19-10-7-13-3-5-15(6-4-13)25(18,23)24/h3-6,8,11-12H,2,7,9-10H2,1H3,(H,19,20)(H,21,22)(H2,18,23,24). The first kappa shape index (κ1) is 18.9. The average Bonchev–Trinajstić information content (AvgIpc) is 2.59. The van der Waals surface area contributed by atoms with Crippen LogP contribution >= 0.6 is 0 Å². The van der Waals surface area contributed by atoms with Crippen LogP contribution in [0.15, 0.2) is 47.5 Å². The van der Waals surface area contributed by atoms with Crippen LogP contribution in [0.4, 0.5) is 5.82 Å². The van der Waals surface area contributed by atoms with Gasteiger partial charge >= 0.3 is 0 Å². The summed E-state index contributed by atoms with van der Waals surface area (Å²) < 4.78 is 22.4. The number of benzene rings is 1. The zero-order valence-electron chi connectivity index (χ0n) is 14.0. The number of carbonyl (C=O) groups excluding carboxylic acids is 1. The molecule has 0 saturated carbocycles. The fourth-order valence-electron chi connectivity index (χ4n) is 2.19. The highest BCUT2D eigenvalue weighted by atomic mass is 32.2. The molecule has 134 valence electrons. The first-order valence-corrected chi connectivity index (χ1v) is 9.54. The number of rotatable bonds is 8. The molecule has 1 aromatic carbocycles. The number of nitrogens with two attached hydrogens (primary N) is 1. The number of pyridine rings is 1. The lowest BCUT2D eigenvalue weighted by molar-refractivity contribution is 0.0953. The molecule has 0 unspecified atom stereocenters. The Morgan fingerprint density at radius 2 is 1.88 bits per heavy atom. The van der Waals surface area contributed by atoms with Gasteiger partial charge in [0.1, 0.15) is 5.82 Å². The van der Waals surface area contributed by atoms with Gasteiger partial charge in [0.05, 0.1) is 4.90 Å². The Hall–Kier alpha value is -2.45. The average molecular weight is 362 g/mol. The van der Waals surface area contributed by atoms with E-state index in [2.05, 4.69) is 15.6 Å². The molecule has 25 heavy (non-hydrogen) atoms. The quantitative estimate of drug-likeness (QED) is 0.659. The summed E-state index contributed by atoms with van der Waals surface area (Å²) in [5.41, 5.74) is 1.53. The molecule has 0 spiro atoms. The Morgan fingerprint density at radius 1 is 1.16 bits per heavy atom. The molecular weight excluding hydrogens is 340 g/mol. The van der Waals surface area contributed by atoms with Crippen LogP contribution in [0.2, 0.25) is 0 Å². The summed E-state index contributed by atoms with van der Waals surface area (Å²) in [4.78, 5) is 16.2. The molecule has 2 rings (SSSR count). The van der Waals surface area contributed by atoms with Crippen molar-refractivity contribution in [3.05, 3.63) is 53.7 Å². The summed E-state index contributed by atoms with van der Waals surface area (Å²) in [6.07, 6.45) is 3.15. The molecule has 8 heteroatoms. The van der Waals surface area contributed by atoms with E-state index in [1.165, 1.54) is 12.1 Å². The number of carbonyl (C=O) groups is 1. The summed E-state index contributed by atoms with van der Waals surface area (Å²) in [6.45, 7) is 3.23. The van der Waals surface area contributed by atoms with E-state index in [0.717, 1.165) is 12.0 Å². The van der Waals surface area contributed by atoms with Gasteiger partial charge in [-0.1, -0.05) is 19.1 Å². The largest absolute Gasteiger partial charge is 0.370 e. The highest BCUT2D eigenvalue weighted by Gasteiger charge is 2.07. The molecule has 0 aliphatic rings. The molecule has 1 amide bonds. The molecule has 0 aliphatic carbocycles. The first-order chi connectivity index (χ1) is 11.9. The molecule has 0 bridgehead atoms. The minimum Gasteiger partial charge on any atom is -0.370 e. The van der Waals surface area contributed by atoms with Crippen molar-refractivity contribution in [1.82, 2.24) is 10.3 Å². The zero-order chi connectivity index (χ0) is 18.3. The van der Waals surface area contributed by atoms with Gasteiger partial charge in [-0.3, -0.25) is 4.79 Å². The van der Waals surface area contributed by atoms with Gasteiger partial charge in [-0.15, -0.1) is 0 Å². The molecule has 0 radical (unpaired) electrons. The highest BCUT2D eigenvalue weighted by molar-refractivity contribution is 7.89. The number of anilines is 1. The summed E-state index contributed by atoms with van der Waals surface area (Å²) in [7, 11) is -3.67. The summed E-state index contributed by atoms with van der Waals surface area (Å²) in [5, 5.41) is 11.0. The molecule has 0 aliphatic heterocycles. The van der Waals surface area contributed by atoms with Crippen LogP contribution < -0.4 is 15.8 Å². The van der Waals surface area contributed by atoms with Gasteiger partial charge < -0.3 is 10.6 Å². The van der Waals surface area contributed by atoms with Gasteiger partial charge in [0.2, 0.25) is 10.0 Å². The maximum atomic E-state index is 11.9. The summed E-state index contributed by atoms with van der Waals surface area (Å²) in [5.74, 6) is 0.496. The van der Waals surface area contributed by atoms with Crippen molar-refractivity contribution in [2.45, 2.75) is 24.7 Å². The van der Waals surface area contributed by atoms with Gasteiger partial charge in [0.25, 0.3) is 5.91 Å². The fraction of sp³-hybridized carbons (Fsp3) is 0.294. The number of amides is 1. The van der Waals surface area contributed by atoms with Gasteiger partial charge in [-0.25, -0.2) is 18.5 Å². The number of primary sulfonamides is 1. The second-order valence-electron chi connectivity index (χ2n) is 5.55. The molecule has 0 fully saturated rings. The SMILES string of the molecule is CCCNC(=O)c1ccnc(NCCc2ccc(S(N)(=O)=O)cc2)c1. The smallest absolute Gasteiger partial charge is 0.251 e. The third-order valence-electron chi connectivity index (χ3n) is 3.53. The normalized spacial score (nSPS) is 11.1. The molecule has 0 saturated heterocycles. The zero-order valence-corrected chi connectivity index (χ0v) is 14.8. The topological polar surface area (TPSA) is 114 Å². The Balaban J connectivity index is 1.90. The Morgan fingerprint density at radius 3 is 2.52 bits per heavy atom. The lowest BCUT2D eigenvalue weighted by atomic mass is 10.1. The Bertz CT molecular complexity index is 820. The molecule has 7 nitrogen and oxygen atoms in total. The van der Waals surface area contributed by atoms with E-state index in [0.29, 0.717) is 30.9 Å². The molecule has 4 N–H and O–H groups in total. The summed E-state index contributed by atoms with van der Waals surface area (Å²) in [6, 6.07) is 9.80. The van der Waals surface area contributed by atoms with Gasteiger partial charge in [-0.05, 0) is 42.7 Å². The maximum Gasteiger partial charge on any atom is 0.251 e. The van der Waals surface area contributed by atoms with E-state index >= 15 is 0 Å². The minimum atomic E-state index is -3.67. The van der Waals surface area contributed by atoms with Gasteiger partial charge in [0.15, 0.2) is 0 Å². The molecule has 1 heterocycles. The highest BCUT2D eigenvalue weighted by Crippen LogP contribution is 2.10. The lowest BCUT2D eigenvalue weighted by Gasteiger charge is -2.08. The van der Waals surface area contributed by atoms with Crippen molar-refractivity contribution in [2.24, 2.45) is 5.14 Å². The second-order valence-corrected chi connectivity index (χ2v) is 7.11. The number of sulfonamides is 1. The number of hydrogen-bond donors (Lipinski definition) is 3.